The molecule has 1 atom stereocenters. The van der Waals surface area contributed by atoms with Crippen molar-refractivity contribution in [2.24, 2.45) is 5.92 Å². The van der Waals surface area contributed by atoms with Gasteiger partial charge in [0, 0.05) is 24.7 Å². The molecule has 2 amide bonds. The zero-order valence-corrected chi connectivity index (χ0v) is 11.7. The summed E-state index contributed by atoms with van der Waals surface area (Å²) < 4.78 is 5.21. The smallest absolute Gasteiger partial charge is 0.242 e. The van der Waals surface area contributed by atoms with Crippen LogP contribution in [-0.2, 0) is 14.3 Å². The average Bonchev–Trinajstić information content (AvgIpc) is 2.27. The lowest BCUT2D eigenvalue weighted by molar-refractivity contribution is -0.133. The molecular weight excluding hydrogens is 232 g/mol. The summed E-state index contributed by atoms with van der Waals surface area (Å²) in [5, 5.41) is 5.61. The molecule has 0 aromatic carbocycles. The Morgan fingerprint density at radius 2 is 1.78 bits per heavy atom. The van der Waals surface area contributed by atoms with E-state index in [1.54, 1.807) is 6.92 Å². The molecule has 1 aliphatic heterocycles. The van der Waals surface area contributed by atoms with Gasteiger partial charge >= 0.3 is 0 Å². The summed E-state index contributed by atoms with van der Waals surface area (Å²) in [6.07, 6.45) is 1.47. The fourth-order valence-corrected chi connectivity index (χ4v) is 1.83. The number of hydrogen-bond donors (Lipinski definition) is 2. The van der Waals surface area contributed by atoms with E-state index in [0.29, 0.717) is 13.2 Å². The van der Waals surface area contributed by atoms with Gasteiger partial charge in [0.25, 0.3) is 0 Å². The van der Waals surface area contributed by atoms with Gasteiger partial charge in [-0.2, -0.15) is 0 Å². The quantitative estimate of drug-likeness (QED) is 0.786. The van der Waals surface area contributed by atoms with Crippen molar-refractivity contribution in [2.75, 3.05) is 13.2 Å². The van der Waals surface area contributed by atoms with Crippen LogP contribution in [0.2, 0.25) is 0 Å². The van der Waals surface area contributed by atoms with E-state index in [0.717, 1.165) is 12.8 Å². The third-order valence-electron chi connectivity index (χ3n) is 2.84. The molecule has 5 nitrogen and oxygen atoms in total. The number of carbonyl (C=O) groups is 2. The lowest BCUT2D eigenvalue weighted by Gasteiger charge is -2.26. The second-order valence-corrected chi connectivity index (χ2v) is 5.86. The van der Waals surface area contributed by atoms with E-state index in [4.69, 9.17) is 4.74 Å². The molecule has 1 unspecified atom stereocenters. The van der Waals surface area contributed by atoms with E-state index in [1.165, 1.54) is 0 Å². The predicted molar refractivity (Wildman–Crippen MR) is 69.0 cm³/mol. The molecule has 0 spiro atoms. The summed E-state index contributed by atoms with van der Waals surface area (Å²) in [7, 11) is 0. The van der Waals surface area contributed by atoms with Gasteiger partial charge in [-0.25, -0.2) is 0 Å². The van der Waals surface area contributed by atoms with Crippen LogP contribution in [0, 0.1) is 5.92 Å². The summed E-state index contributed by atoms with van der Waals surface area (Å²) in [5.41, 5.74) is -0.283. The fourth-order valence-electron chi connectivity index (χ4n) is 1.83. The van der Waals surface area contributed by atoms with Crippen molar-refractivity contribution >= 4 is 11.8 Å². The van der Waals surface area contributed by atoms with E-state index in [9.17, 15) is 9.59 Å². The van der Waals surface area contributed by atoms with Gasteiger partial charge in [0.05, 0.1) is 0 Å². The number of amides is 2. The molecule has 0 aliphatic carbocycles. The number of nitrogens with one attached hydrogen (secondary N) is 2. The highest BCUT2D eigenvalue weighted by molar-refractivity contribution is 5.88. The molecule has 104 valence electrons. The van der Waals surface area contributed by atoms with E-state index in [-0.39, 0.29) is 23.3 Å². The van der Waals surface area contributed by atoms with Crippen LogP contribution < -0.4 is 10.6 Å². The van der Waals surface area contributed by atoms with Crippen LogP contribution in [0.5, 0.6) is 0 Å². The van der Waals surface area contributed by atoms with Crippen molar-refractivity contribution in [3.8, 4) is 0 Å². The van der Waals surface area contributed by atoms with Crippen LogP contribution in [0.1, 0.15) is 40.5 Å². The first kappa shape index (κ1) is 15.0. The molecule has 18 heavy (non-hydrogen) atoms. The molecule has 1 aliphatic rings. The second-order valence-electron chi connectivity index (χ2n) is 5.86. The highest BCUT2D eigenvalue weighted by Gasteiger charge is 2.25. The molecule has 1 fully saturated rings. The molecule has 2 N–H and O–H groups in total. The lowest BCUT2D eigenvalue weighted by atomic mass is 9.99. The highest BCUT2D eigenvalue weighted by Crippen LogP contribution is 2.14. The van der Waals surface area contributed by atoms with E-state index in [2.05, 4.69) is 10.6 Å². The van der Waals surface area contributed by atoms with Crippen LogP contribution in [0.3, 0.4) is 0 Å². The zero-order chi connectivity index (χ0) is 13.8. The monoisotopic (exact) mass is 256 g/mol. The number of rotatable bonds is 3. The summed E-state index contributed by atoms with van der Waals surface area (Å²) in [6, 6.07) is -0.500. The van der Waals surface area contributed by atoms with Crippen molar-refractivity contribution in [1.29, 1.82) is 0 Å². The SMILES string of the molecule is CC(NC(=O)C1CCOCC1)C(=O)NC(C)(C)C. The Labute approximate surface area is 109 Å². The maximum Gasteiger partial charge on any atom is 0.242 e. The van der Waals surface area contributed by atoms with Crippen LogP contribution in [-0.4, -0.2) is 36.6 Å². The summed E-state index contributed by atoms with van der Waals surface area (Å²) >= 11 is 0. The largest absolute Gasteiger partial charge is 0.381 e. The van der Waals surface area contributed by atoms with Gasteiger partial charge in [-0.05, 0) is 40.5 Å². The standard InChI is InChI=1S/C13H24N2O3/c1-9(11(16)15-13(2,3)4)14-12(17)10-5-7-18-8-6-10/h9-10H,5-8H2,1-4H3,(H,14,17)(H,15,16). The number of hydrogen-bond acceptors (Lipinski definition) is 3. The molecule has 0 saturated carbocycles. The first-order valence-corrected chi connectivity index (χ1v) is 6.50. The van der Waals surface area contributed by atoms with Crippen molar-refractivity contribution in [2.45, 2.75) is 52.1 Å². The molecule has 0 radical (unpaired) electrons. The Kier molecular flexibility index (Phi) is 5.14. The van der Waals surface area contributed by atoms with Crippen LogP contribution >= 0.6 is 0 Å². The van der Waals surface area contributed by atoms with Crippen molar-refractivity contribution in [3.05, 3.63) is 0 Å². The average molecular weight is 256 g/mol. The molecule has 1 heterocycles. The predicted octanol–water partition coefficient (Wildman–Crippen LogP) is 0.832. The Bertz CT molecular complexity index is 304. The molecule has 1 saturated heterocycles. The van der Waals surface area contributed by atoms with Crippen molar-refractivity contribution < 1.29 is 14.3 Å². The minimum atomic E-state index is -0.500. The molecular formula is C13H24N2O3. The van der Waals surface area contributed by atoms with Crippen LogP contribution in [0.4, 0.5) is 0 Å². The summed E-state index contributed by atoms with van der Waals surface area (Å²) in [4.78, 5) is 23.8. The number of ether oxygens (including phenoxy) is 1. The van der Waals surface area contributed by atoms with E-state index < -0.39 is 6.04 Å². The maximum atomic E-state index is 11.9. The Hall–Kier alpha value is -1.10. The van der Waals surface area contributed by atoms with Gasteiger partial charge in [-0.1, -0.05) is 0 Å². The highest BCUT2D eigenvalue weighted by atomic mass is 16.5. The Morgan fingerprint density at radius 1 is 1.22 bits per heavy atom. The van der Waals surface area contributed by atoms with Gasteiger partial charge in [-0.3, -0.25) is 9.59 Å². The first-order valence-electron chi connectivity index (χ1n) is 6.50. The summed E-state index contributed by atoms with van der Waals surface area (Å²) in [6.45, 7) is 8.70. The second kappa shape index (κ2) is 6.18. The van der Waals surface area contributed by atoms with Crippen molar-refractivity contribution in [3.63, 3.8) is 0 Å². The third kappa shape index (κ3) is 5.04. The molecule has 1 rings (SSSR count). The Balaban J connectivity index is 2.41. The fraction of sp³-hybridized carbons (Fsp3) is 0.846. The molecule has 0 aromatic heterocycles. The summed E-state index contributed by atoms with van der Waals surface area (Å²) in [5.74, 6) is -0.221. The maximum absolute atomic E-state index is 11.9. The normalized spacial score (nSPS) is 19.1. The van der Waals surface area contributed by atoms with Gasteiger partial charge in [-0.15, -0.1) is 0 Å². The van der Waals surface area contributed by atoms with Crippen molar-refractivity contribution in [1.82, 2.24) is 10.6 Å². The van der Waals surface area contributed by atoms with Crippen LogP contribution in [0.15, 0.2) is 0 Å². The zero-order valence-electron chi connectivity index (χ0n) is 11.7. The minimum Gasteiger partial charge on any atom is -0.381 e. The van der Waals surface area contributed by atoms with Crippen LogP contribution in [0.25, 0.3) is 0 Å². The first-order chi connectivity index (χ1) is 8.29. The van der Waals surface area contributed by atoms with Gasteiger partial charge in [0.15, 0.2) is 0 Å². The Morgan fingerprint density at radius 3 is 2.28 bits per heavy atom. The van der Waals surface area contributed by atoms with Gasteiger partial charge in [0.1, 0.15) is 6.04 Å². The van der Waals surface area contributed by atoms with E-state index in [1.807, 2.05) is 20.8 Å². The topological polar surface area (TPSA) is 67.4 Å². The van der Waals surface area contributed by atoms with Gasteiger partial charge < -0.3 is 15.4 Å². The van der Waals surface area contributed by atoms with E-state index >= 15 is 0 Å². The molecule has 5 heteroatoms. The minimum absolute atomic E-state index is 0.0244. The van der Waals surface area contributed by atoms with Gasteiger partial charge in [0.2, 0.25) is 11.8 Å². The number of carbonyl (C=O) groups excluding carboxylic acids is 2. The third-order valence-corrected chi connectivity index (χ3v) is 2.84. The lowest BCUT2D eigenvalue weighted by Crippen LogP contribution is -2.52. The molecule has 0 bridgehead atoms. The molecule has 0 aromatic rings.